The third-order valence-corrected chi connectivity index (χ3v) is 5.66. The van der Waals surface area contributed by atoms with E-state index >= 15 is 0 Å². The molecule has 0 aliphatic heterocycles. The Morgan fingerprint density at radius 2 is 1.88 bits per heavy atom. The van der Waals surface area contributed by atoms with Gasteiger partial charge in [-0.25, -0.2) is 17.6 Å². The fourth-order valence-corrected chi connectivity index (χ4v) is 4.18. The first-order valence-electron chi connectivity index (χ1n) is 7.47. The Morgan fingerprint density at radius 3 is 2.54 bits per heavy atom. The molecule has 0 unspecified atom stereocenters. The molecule has 0 spiro atoms. The molecule has 8 heteroatoms. The van der Waals surface area contributed by atoms with Crippen molar-refractivity contribution in [1.82, 2.24) is 4.98 Å². The largest absolute Gasteiger partial charge is 0.477 e. The summed E-state index contributed by atoms with van der Waals surface area (Å²) >= 11 is 5.79. The highest BCUT2D eigenvalue weighted by Crippen LogP contribution is 2.29. The van der Waals surface area contributed by atoms with Crippen molar-refractivity contribution < 1.29 is 22.7 Å². The monoisotopic (exact) mass is 393 g/mol. The summed E-state index contributed by atoms with van der Waals surface area (Å²) in [6, 6.07) is 10.2. The highest BCUT2D eigenvalue weighted by atomic mass is 35.5. The number of carbonyl (C=O) groups is 1. The van der Waals surface area contributed by atoms with Gasteiger partial charge in [0.2, 0.25) is 0 Å². The van der Waals surface area contributed by atoms with E-state index in [1.165, 1.54) is 12.1 Å². The minimum atomic E-state index is -4.01. The van der Waals surface area contributed by atoms with E-state index in [9.17, 15) is 22.7 Å². The molecule has 3 aromatic rings. The number of carboxylic acid groups (broad SMARTS) is 1. The van der Waals surface area contributed by atoms with E-state index < -0.39 is 38.0 Å². The van der Waals surface area contributed by atoms with Crippen LogP contribution >= 0.6 is 11.6 Å². The van der Waals surface area contributed by atoms with Gasteiger partial charge in [-0.1, -0.05) is 35.9 Å². The zero-order valence-corrected chi connectivity index (χ0v) is 14.8. The number of hydrogen-bond donors (Lipinski definition) is 2. The van der Waals surface area contributed by atoms with Crippen LogP contribution in [0.4, 0.5) is 4.39 Å². The van der Waals surface area contributed by atoms with Gasteiger partial charge in [-0.3, -0.25) is 0 Å². The number of rotatable bonds is 5. The maximum absolute atomic E-state index is 13.5. The topological polar surface area (TPSA) is 87.2 Å². The summed E-state index contributed by atoms with van der Waals surface area (Å²) in [5.41, 5.74) is 0.502. The molecule has 0 amide bonds. The summed E-state index contributed by atoms with van der Waals surface area (Å²) in [5.74, 6) is -2.51. The predicted molar refractivity (Wildman–Crippen MR) is 97.8 cm³/mol. The normalized spacial score (nSPS) is 12.1. The number of H-pyrrole nitrogens is 1. The van der Waals surface area contributed by atoms with Crippen molar-refractivity contribution in [1.29, 1.82) is 0 Å². The first-order chi connectivity index (χ1) is 12.3. The smallest absolute Gasteiger partial charge is 0.353 e. The molecule has 0 radical (unpaired) electrons. The number of nitrogens with one attached hydrogen (secondary N) is 1. The molecule has 0 aliphatic carbocycles. The Balaban J connectivity index is 2.00. The summed E-state index contributed by atoms with van der Waals surface area (Å²) in [5, 5.41) is 9.88. The lowest BCUT2D eigenvalue weighted by molar-refractivity contribution is 0.0687. The van der Waals surface area contributed by atoms with Crippen molar-refractivity contribution in [2.24, 2.45) is 0 Å². The molecule has 0 aliphatic rings. The van der Waals surface area contributed by atoms with Crippen LogP contribution in [0, 0.1) is 5.82 Å². The molecular weight excluding hydrogens is 381 g/mol. The van der Waals surface area contributed by atoms with E-state index in [1.54, 1.807) is 30.3 Å². The van der Waals surface area contributed by atoms with Crippen LogP contribution in [-0.2, 0) is 9.84 Å². The number of aromatic carboxylic acids is 1. The number of fused-ring (bicyclic) bond motifs is 1. The van der Waals surface area contributed by atoms with Gasteiger partial charge in [-0.2, -0.15) is 0 Å². The second-order valence-corrected chi connectivity index (χ2v) is 7.97. The van der Waals surface area contributed by atoms with Crippen LogP contribution in [0.1, 0.15) is 16.1 Å². The zero-order chi connectivity index (χ0) is 18.9. The van der Waals surface area contributed by atoms with Crippen molar-refractivity contribution in [2.75, 3.05) is 5.75 Å². The van der Waals surface area contributed by atoms with Crippen molar-refractivity contribution >= 4 is 44.4 Å². The van der Waals surface area contributed by atoms with Crippen LogP contribution in [0.25, 0.3) is 17.0 Å². The fraction of sp³-hybridized carbons (Fsp3) is 0.0556. The number of sulfone groups is 1. The van der Waals surface area contributed by atoms with E-state index in [2.05, 4.69) is 4.98 Å². The molecule has 1 heterocycles. The minimum Gasteiger partial charge on any atom is -0.477 e. The summed E-state index contributed by atoms with van der Waals surface area (Å²) in [4.78, 5) is 13.5. The molecule has 2 aromatic carbocycles. The Hall–Kier alpha value is -2.64. The van der Waals surface area contributed by atoms with E-state index in [4.69, 9.17) is 11.6 Å². The second-order valence-electron chi connectivity index (χ2n) is 5.56. The van der Waals surface area contributed by atoms with Gasteiger partial charge in [0.15, 0.2) is 9.84 Å². The third-order valence-electron chi connectivity index (χ3n) is 3.73. The molecule has 1 aromatic heterocycles. The molecule has 134 valence electrons. The zero-order valence-electron chi connectivity index (χ0n) is 13.2. The second kappa shape index (κ2) is 6.93. The van der Waals surface area contributed by atoms with Crippen LogP contribution in [-0.4, -0.2) is 30.2 Å². The van der Waals surface area contributed by atoms with Gasteiger partial charge in [0, 0.05) is 15.9 Å². The number of carboxylic acids is 1. The summed E-state index contributed by atoms with van der Waals surface area (Å²) in [6.07, 6.45) is 2.99. The Labute approximate surface area is 153 Å². The molecule has 0 saturated carbocycles. The van der Waals surface area contributed by atoms with E-state index in [0.29, 0.717) is 5.02 Å². The lowest BCUT2D eigenvalue weighted by atomic mass is 10.2. The third kappa shape index (κ3) is 3.63. The van der Waals surface area contributed by atoms with Crippen LogP contribution < -0.4 is 0 Å². The highest BCUT2D eigenvalue weighted by Gasteiger charge is 2.27. The number of benzene rings is 2. The van der Waals surface area contributed by atoms with Gasteiger partial charge in [0.1, 0.15) is 16.4 Å². The van der Waals surface area contributed by atoms with Gasteiger partial charge in [-0.15, -0.1) is 0 Å². The first-order valence-corrected chi connectivity index (χ1v) is 9.50. The van der Waals surface area contributed by atoms with Gasteiger partial charge >= 0.3 is 5.97 Å². The molecule has 5 nitrogen and oxygen atoms in total. The van der Waals surface area contributed by atoms with Crippen LogP contribution in [0.5, 0.6) is 0 Å². The molecule has 26 heavy (non-hydrogen) atoms. The van der Waals surface area contributed by atoms with Gasteiger partial charge < -0.3 is 10.1 Å². The highest BCUT2D eigenvalue weighted by molar-refractivity contribution is 7.91. The standard InChI is InChI=1S/C18H13ClFNO4S/c19-12-5-3-11(4-6-12)2-1-9-26(24,25)17-14-10-13(20)7-8-15(14)21-16(17)18(22)23/h1-8,10,21H,9H2,(H,22,23). The van der Waals surface area contributed by atoms with Crippen LogP contribution in [0.15, 0.2) is 53.4 Å². The van der Waals surface area contributed by atoms with Crippen LogP contribution in [0.3, 0.4) is 0 Å². The Kier molecular flexibility index (Phi) is 4.84. The molecular formula is C18H13ClFNO4S. The number of hydrogen-bond acceptors (Lipinski definition) is 3. The first kappa shape index (κ1) is 18.2. The Bertz CT molecular complexity index is 1120. The molecule has 2 N–H and O–H groups in total. The van der Waals surface area contributed by atoms with Crippen LogP contribution in [0.2, 0.25) is 5.02 Å². The van der Waals surface area contributed by atoms with E-state index in [-0.39, 0.29) is 10.9 Å². The quantitative estimate of drug-likeness (QED) is 0.681. The van der Waals surface area contributed by atoms with Gasteiger partial charge in [0.25, 0.3) is 0 Å². The predicted octanol–water partition coefficient (Wildman–Crippen LogP) is 4.15. The number of aromatic amines is 1. The molecule has 3 rings (SSSR count). The summed E-state index contributed by atoms with van der Waals surface area (Å²) in [7, 11) is -4.01. The lowest BCUT2D eigenvalue weighted by Gasteiger charge is -2.02. The van der Waals surface area contributed by atoms with Gasteiger partial charge in [-0.05, 0) is 35.9 Å². The molecule has 0 bridgehead atoms. The summed E-state index contributed by atoms with van der Waals surface area (Å²) < 4.78 is 39.0. The summed E-state index contributed by atoms with van der Waals surface area (Å²) in [6.45, 7) is 0. The van der Waals surface area contributed by atoms with E-state index in [0.717, 1.165) is 17.7 Å². The number of aromatic nitrogens is 1. The molecule has 0 fully saturated rings. The van der Waals surface area contributed by atoms with E-state index in [1.807, 2.05) is 0 Å². The van der Waals surface area contributed by atoms with Crippen molar-refractivity contribution in [2.45, 2.75) is 4.90 Å². The van der Waals surface area contributed by atoms with Crippen molar-refractivity contribution in [3.63, 3.8) is 0 Å². The average molecular weight is 394 g/mol. The SMILES string of the molecule is O=C(O)c1[nH]c2ccc(F)cc2c1S(=O)(=O)CC=Cc1ccc(Cl)cc1. The minimum absolute atomic E-state index is 0.0160. The maximum atomic E-state index is 13.5. The number of halogens is 2. The van der Waals surface area contributed by atoms with Crippen molar-refractivity contribution in [3.8, 4) is 0 Å². The fourth-order valence-electron chi connectivity index (χ4n) is 2.58. The van der Waals surface area contributed by atoms with Crippen molar-refractivity contribution in [3.05, 3.63) is 70.6 Å². The Morgan fingerprint density at radius 1 is 1.19 bits per heavy atom. The average Bonchev–Trinajstić information content (AvgIpc) is 2.96. The van der Waals surface area contributed by atoms with Gasteiger partial charge in [0.05, 0.1) is 5.75 Å². The lowest BCUT2D eigenvalue weighted by Crippen LogP contribution is -2.10. The maximum Gasteiger partial charge on any atom is 0.353 e. The molecule has 0 atom stereocenters. The molecule has 0 saturated heterocycles.